The zero-order valence-electron chi connectivity index (χ0n) is 14.6. The van der Waals surface area contributed by atoms with Gasteiger partial charge >= 0.3 is 5.97 Å². The molecule has 2 N–H and O–H groups in total. The van der Waals surface area contributed by atoms with E-state index >= 15 is 0 Å². The minimum Gasteiger partial charge on any atom is -0.493 e. The van der Waals surface area contributed by atoms with E-state index in [2.05, 4.69) is 11.9 Å². The Morgan fingerprint density at radius 2 is 1.83 bits per heavy atom. The maximum atomic E-state index is 12.3. The van der Waals surface area contributed by atoms with Crippen LogP contribution >= 0.6 is 0 Å². The van der Waals surface area contributed by atoms with E-state index in [1.54, 1.807) is 25.1 Å². The van der Waals surface area contributed by atoms with Crippen LogP contribution in [-0.4, -0.2) is 31.2 Å². The van der Waals surface area contributed by atoms with Crippen molar-refractivity contribution in [2.24, 2.45) is 5.92 Å². The SMILES string of the molecule is C=C(C)CC(C)C(=O)NC(CC(=O)O)c1ccc(OC)c(OC)c1. The molecule has 0 fully saturated rings. The fraction of sp³-hybridized carbons (Fsp3) is 0.444. The summed E-state index contributed by atoms with van der Waals surface area (Å²) in [5.74, 6) is -0.465. The molecule has 0 saturated carbocycles. The van der Waals surface area contributed by atoms with Crippen molar-refractivity contribution in [3.8, 4) is 11.5 Å². The van der Waals surface area contributed by atoms with Crippen LogP contribution in [0.15, 0.2) is 30.4 Å². The number of benzene rings is 1. The summed E-state index contributed by atoms with van der Waals surface area (Å²) >= 11 is 0. The van der Waals surface area contributed by atoms with Crippen molar-refractivity contribution in [1.29, 1.82) is 0 Å². The summed E-state index contributed by atoms with van der Waals surface area (Å²) in [6.07, 6.45) is 0.332. The number of hydrogen-bond donors (Lipinski definition) is 2. The number of methoxy groups -OCH3 is 2. The first-order chi connectivity index (χ1) is 11.3. The van der Waals surface area contributed by atoms with Gasteiger partial charge in [0.25, 0.3) is 0 Å². The van der Waals surface area contributed by atoms with Crippen LogP contribution in [0.1, 0.15) is 38.3 Å². The van der Waals surface area contributed by atoms with E-state index < -0.39 is 12.0 Å². The Balaban J connectivity index is 3.02. The maximum absolute atomic E-state index is 12.3. The topological polar surface area (TPSA) is 84.9 Å². The van der Waals surface area contributed by atoms with Crippen LogP contribution < -0.4 is 14.8 Å². The largest absolute Gasteiger partial charge is 0.493 e. The molecule has 1 aromatic carbocycles. The van der Waals surface area contributed by atoms with Crippen LogP contribution in [0.25, 0.3) is 0 Å². The Morgan fingerprint density at radius 3 is 2.33 bits per heavy atom. The van der Waals surface area contributed by atoms with Gasteiger partial charge in [0.2, 0.25) is 5.91 Å². The number of carboxylic acid groups (broad SMARTS) is 1. The van der Waals surface area contributed by atoms with Crippen LogP contribution in [0.2, 0.25) is 0 Å². The van der Waals surface area contributed by atoms with Gasteiger partial charge in [-0.05, 0) is 31.0 Å². The zero-order chi connectivity index (χ0) is 18.3. The molecule has 0 aromatic heterocycles. The summed E-state index contributed by atoms with van der Waals surface area (Å²) in [6.45, 7) is 7.44. The van der Waals surface area contributed by atoms with Gasteiger partial charge in [-0.2, -0.15) is 0 Å². The highest BCUT2D eigenvalue weighted by molar-refractivity contribution is 5.80. The van der Waals surface area contributed by atoms with Crippen molar-refractivity contribution in [2.45, 2.75) is 32.7 Å². The summed E-state index contributed by atoms with van der Waals surface area (Å²) < 4.78 is 10.4. The predicted octanol–water partition coefficient (Wildman–Crippen LogP) is 2.94. The molecule has 2 atom stereocenters. The fourth-order valence-electron chi connectivity index (χ4n) is 2.43. The van der Waals surface area contributed by atoms with Crippen molar-refractivity contribution >= 4 is 11.9 Å². The molecule has 6 heteroatoms. The zero-order valence-corrected chi connectivity index (χ0v) is 14.6. The lowest BCUT2D eigenvalue weighted by Gasteiger charge is -2.21. The predicted molar refractivity (Wildman–Crippen MR) is 91.3 cm³/mol. The Kier molecular flexibility index (Phi) is 7.30. The highest BCUT2D eigenvalue weighted by Crippen LogP contribution is 2.31. The highest BCUT2D eigenvalue weighted by Gasteiger charge is 2.22. The molecule has 0 saturated heterocycles. The van der Waals surface area contributed by atoms with Gasteiger partial charge in [-0.3, -0.25) is 9.59 Å². The Bertz CT molecular complexity index is 611. The van der Waals surface area contributed by atoms with Gasteiger partial charge in [0.1, 0.15) is 0 Å². The van der Waals surface area contributed by atoms with Gasteiger partial charge in [0.15, 0.2) is 11.5 Å². The number of aliphatic carboxylic acids is 1. The monoisotopic (exact) mass is 335 g/mol. The average molecular weight is 335 g/mol. The van der Waals surface area contributed by atoms with E-state index in [0.29, 0.717) is 23.5 Å². The van der Waals surface area contributed by atoms with Crippen LogP contribution in [0.5, 0.6) is 11.5 Å². The molecule has 6 nitrogen and oxygen atoms in total. The van der Waals surface area contributed by atoms with E-state index in [-0.39, 0.29) is 18.2 Å². The second-order valence-electron chi connectivity index (χ2n) is 5.84. The van der Waals surface area contributed by atoms with E-state index in [0.717, 1.165) is 5.57 Å². The summed E-state index contributed by atoms with van der Waals surface area (Å²) in [5, 5.41) is 11.9. The number of hydrogen-bond acceptors (Lipinski definition) is 4. The number of allylic oxidation sites excluding steroid dienone is 1. The molecule has 1 rings (SSSR count). The lowest BCUT2D eigenvalue weighted by molar-refractivity contribution is -0.137. The van der Waals surface area contributed by atoms with Crippen molar-refractivity contribution in [3.63, 3.8) is 0 Å². The number of carbonyl (C=O) groups is 2. The van der Waals surface area contributed by atoms with Gasteiger partial charge in [0.05, 0.1) is 26.7 Å². The maximum Gasteiger partial charge on any atom is 0.305 e. The summed E-state index contributed by atoms with van der Waals surface area (Å²) in [7, 11) is 3.02. The molecule has 132 valence electrons. The lowest BCUT2D eigenvalue weighted by Crippen LogP contribution is -2.34. The molecule has 0 radical (unpaired) electrons. The Hall–Kier alpha value is -2.50. The third kappa shape index (κ3) is 5.61. The number of carbonyl (C=O) groups excluding carboxylic acids is 1. The van der Waals surface area contributed by atoms with Crippen LogP contribution in [0.3, 0.4) is 0 Å². The highest BCUT2D eigenvalue weighted by atomic mass is 16.5. The van der Waals surface area contributed by atoms with Crippen molar-refractivity contribution in [3.05, 3.63) is 35.9 Å². The van der Waals surface area contributed by atoms with Crippen LogP contribution in [-0.2, 0) is 9.59 Å². The number of carboxylic acids is 1. The first-order valence-corrected chi connectivity index (χ1v) is 7.67. The van der Waals surface area contributed by atoms with E-state index in [1.165, 1.54) is 14.2 Å². The van der Waals surface area contributed by atoms with Crippen LogP contribution in [0.4, 0.5) is 0 Å². The summed E-state index contributed by atoms with van der Waals surface area (Å²) in [6, 6.07) is 4.43. The molecular formula is C18H25NO5. The summed E-state index contributed by atoms with van der Waals surface area (Å²) in [5.41, 5.74) is 1.55. The van der Waals surface area contributed by atoms with E-state index in [9.17, 15) is 9.59 Å². The van der Waals surface area contributed by atoms with Crippen LogP contribution in [0, 0.1) is 5.92 Å². The molecule has 0 aliphatic carbocycles. The fourth-order valence-corrected chi connectivity index (χ4v) is 2.43. The minimum absolute atomic E-state index is 0.209. The molecule has 0 spiro atoms. The standard InChI is InChI=1S/C18H25NO5/c1-11(2)8-12(3)18(22)19-14(10-17(20)21)13-6-7-15(23-4)16(9-13)24-5/h6-7,9,12,14H,1,8,10H2,2-5H3,(H,19,22)(H,20,21). The molecule has 0 heterocycles. The van der Waals surface area contributed by atoms with Gasteiger partial charge in [-0.15, -0.1) is 6.58 Å². The molecule has 24 heavy (non-hydrogen) atoms. The molecule has 0 bridgehead atoms. The normalized spacial score (nSPS) is 12.8. The first-order valence-electron chi connectivity index (χ1n) is 7.67. The number of rotatable bonds is 9. The van der Waals surface area contributed by atoms with Gasteiger partial charge < -0.3 is 19.9 Å². The van der Waals surface area contributed by atoms with Gasteiger partial charge in [-0.25, -0.2) is 0 Å². The van der Waals surface area contributed by atoms with Crippen molar-refractivity contribution in [2.75, 3.05) is 14.2 Å². The van der Waals surface area contributed by atoms with Crippen molar-refractivity contribution in [1.82, 2.24) is 5.32 Å². The number of ether oxygens (including phenoxy) is 2. The smallest absolute Gasteiger partial charge is 0.305 e. The molecule has 0 aliphatic rings. The third-order valence-corrected chi connectivity index (χ3v) is 3.61. The minimum atomic E-state index is -0.998. The number of amides is 1. The molecule has 2 unspecified atom stereocenters. The quantitative estimate of drug-likeness (QED) is 0.678. The summed E-state index contributed by atoms with van der Waals surface area (Å²) in [4.78, 5) is 23.5. The Morgan fingerprint density at radius 1 is 1.21 bits per heavy atom. The van der Waals surface area contributed by atoms with E-state index in [1.807, 2.05) is 6.92 Å². The molecular weight excluding hydrogens is 310 g/mol. The van der Waals surface area contributed by atoms with Gasteiger partial charge in [0, 0.05) is 5.92 Å². The lowest BCUT2D eigenvalue weighted by atomic mass is 9.99. The second-order valence-corrected chi connectivity index (χ2v) is 5.84. The second kappa shape index (κ2) is 8.96. The third-order valence-electron chi connectivity index (χ3n) is 3.61. The first kappa shape index (κ1) is 19.5. The molecule has 1 aromatic rings. The molecule has 1 amide bonds. The molecule has 0 aliphatic heterocycles. The number of nitrogens with one attached hydrogen (secondary N) is 1. The Labute approximate surface area is 142 Å². The van der Waals surface area contributed by atoms with E-state index in [4.69, 9.17) is 14.6 Å². The van der Waals surface area contributed by atoms with Crippen molar-refractivity contribution < 1.29 is 24.2 Å². The average Bonchev–Trinajstić information content (AvgIpc) is 2.52. The van der Waals surface area contributed by atoms with Gasteiger partial charge in [-0.1, -0.05) is 18.6 Å².